The molecule has 0 amide bonds. The van der Waals surface area contributed by atoms with Crippen LogP contribution in [0.1, 0.15) is 22.2 Å². The fraction of sp³-hybridized carbons (Fsp3) is 0.267. The summed E-state index contributed by atoms with van der Waals surface area (Å²) in [5.74, 6) is 0.630. The molecule has 0 aliphatic rings. The Morgan fingerprint density at radius 2 is 2.20 bits per heavy atom. The van der Waals surface area contributed by atoms with Gasteiger partial charge in [0.05, 0.1) is 24.9 Å². The molecule has 5 heteroatoms. The third kappa shape index (κ3) is 3.22. The molecule has 3 nitrogen and oxygen atoms in total. The van der Waals surface area contributed by atoms with Crippen LogP contribution in [0.15, 0.2) is 34.1 Å². The lowest BCUT2D eigenvalue weighted by atomic mass is 10.1. The zero-order valence-corrected chi connectivity index (χ0v) is 14.0. The Labute approximate surface area is 131 Å². The Hall–Kier alpha value is -1.33. The number of carbonyl (C=O) groups excluding carboxylic acids is 1. The molecule has 0 atom stereocenters. The topological polar surface area (TPSA) is 29.5 Å². The van der Waals surface area contributed by atoms with E-state index in [0.29, 0.717) is 11.3 Å². The zero-order chi connectivity index (χ0) is 14.7. The van der Waals surface area contributed by atoms with Gasteiger partial charge < -0.3 is 9.64 Å². The number of benzene rings is 1. The molecule has 0 N–H and O–H groups in total. The zero-order valence-electron chi connectivity index (χ0n) is 11.6. The van der Waals surface area contributed by atoms with Crippen molar-refractivity contribution in [1.29, 1.82) is 0 Å². The number of nitrogens with zero attached hydrogens (tertiary/aromatic N) is 1. The summed E-state index contributed by atoms with van der Waals surface area (Å²) in [6.07, 6.45) is 0. The molecule has 0 bridgehead atoms. The van der Waals surface area contributed by atoms with Gasteiger partial charge in [0.25, 0.3) is 0 Å². The molecule has 0 fully saturated rings. The number of anilines is 1. The Balaban J connectivity index is 2.34. The van der Waals surface area contributed by atoms with Crippen molar-refractivity contribution < 1.29 is 9.53 Å². The number of hydrogen-bond donors (Lipinski definition) is 0. The molecule has 0 unspecified atom stereocenters. The van der Waals surface area contributed by atoms with Crippen LogP contribution in [0.25, 0.3) is 0 Å². The third-order valence-corrected chi connectivity index (χ3v) is 4.68. The van der Waals surface area contributed by atoms with Crippen molar-refractivity contribution in [2.45, 2.75) is 13.5 Å². The van der Waals surface area contributed by atoms with E-state index in [0.717, 1.165) is 16.7 Å². The first kappa shape index (κ1) is 15.1. The van der Waals surface area contributed by atoms with Crippen LogP contribution in [-0.4, -0.2) is 19.9 Å². The first-order chi connectivity index (χ1) is 9.52. The molecule has 0 spiro atoms. The minimum atomic E-state index is 0.0108. The first-order valence-corrected chi connectivity index (χ1v) is 7.82. The lowest BCUT2D eigenvalue weighted by Crippen LogP contribution is -2.18. The predicted molar refractivity (Wildman–Crippen MR) is 87.1 cm³/mol. The summed E-state index contributed by atoms with van der Waals surface area (Å²) in [6, 6.07) is 7.76. The molecule has 1 heterocycles. The van der Waals surface area contributed by atoms with Crippen LogP contribution >= 0.6 is 27.3 Å². The monoisotopic (exact) mass is 353 g/mol. The highest BCUT2D eigenvalue weighted by atomic mass is 79.9. The number of methoxy groups -OCH3 is 1. The third-order valence-electron chi connectivity index (χ3n) is 3.00. The predicted octanol–water partition coefficient (Wildman–Crippen LogP) is 4.36. The number of thiophene rings is 1. The van der Waals surface area contributed by atoms with Gasteiger partial charge in [0.2, 0.25) is 0 Å². The number of ether oxygens (including phenoxy) is 1. The molecule has 2 aromatic rings. The smallest absolute Gasteiger partial charge is 0.165 e. The van der Waals surface area contributed by atoms with E-state index in [1.165, 1.54) is 4.88 Å². The van der Waals surface area contributed by atoms with E-state index in [4.69, 9.17) is 4.74 Å². The highest BCUT2D eigenvalue weighted by Crippen LogP contribution is 2.31. The van der Waals surface area contributed by atoms with Crippen molar-refractivity contribution in [1.82, 2.24) is 0 Å². The quantitative estimate of drug-likeness (QED) is 0.748. The van der Waals surface area contributed by atoms with Crippen LogP contribution < -0.4 is 9.64 Å². The van der Waals surface area contributed by atoms with Gasteiger partial charge in [0, 0.05) is 21.8 Å². The van der Waals surface area contributed by atoms with Gasteiger partial charge in [-0.05, 0) is 41.1 Å². The lowest BCUT2D eigenvalue weighted by Gasteiger charge is -2.22. The first-order valence-electron chi connectivity index (χ1n) is 6.15. The van der Waals surface area contributed by atoms with Gasteiger partial charge in [-0.25, -0.2) is 0 Å². The van der Waals surface area contributed by atoms with Crippen molar-refractivity contribution in [3.63, 3.8) is 0 Å². The van der Waals surface area contributed by atoms with E-state index < -0.39 is 0 Å². The molecular weight excluding hydrogens is 338 g/mol. The van der Waals surface area contributed by atoms with Gasteiger partial charge in [-0.2, -0.15) is 0 Å². The second-order valence-electron chi connectivity index (χ2n) is 4.50. The normalized spacial score (nSPS) is 10.4. The highest BCUT2D eigenvalue weighted by molar-refractivity contribution is 9.10. The maximum Gasteiger partial charge on any atom is 0.165 e. The SMILES string of the molecule is COc1cccc(N(C)Cc2cc(Br)cs2)c1C(C)=O. The molecule has 1 aromatic heterocycles. The van der Waals surface area contributed by atoms with Gasteiger partial charge >= 0.3 is 0 Å². The molecule has 0 radical (unpaired) electrons. The molecule has 0 saturated carbocycles. The van der Waals surface area contributed by atoms with Gasteiger partial charge in [0.1, 0.15) is 5.75 Å². The lowest BCUT2D eigenvalue weighted by molar-refractivity contribution is 0.101. The molecule has 1 aromatic carbocycles. The Bertz CT molecular complexity index is 624. The maximum absolute atomic E-state index is 11.9. The minimum Gasteiger partial charge on any atom is -0.496 e. The van der Waals surface area contributed by atoms with Crippen LogP contribution in [0, 0.1) is 0 Å². The van der Waals surface area contributed by atoms with Gasteiger partial charge in [0.15, 0.2) is 5.78 Å². The summed E-state index contributed by atoms with van der Waals surface area (Å²) in [5, 5.41) is 2.06. The molecule has 0 saturated heterocycles. The van der Waals surface area contributed by atoms with E-state index in [9.17, 15) is 4.79 Å². The molecule has 0 aliphatic carbocycles. The molecule has 106 valence electrons. The summed E-state index contributed by atoms with van der Waals surface area (Å²) in [7, 11) is 3.57. The van der Waals surface area contributed by atoms with E-state index in [2.05, 4.69) is 32.3 Å². The number of halogens is 1. The second-order valence-corrected chi connectivity index (χ2v) is 6.41. The summed E-state index contributed by atoms with van der Waals surface area (Å²) in [4.78, 5) is 15.2. The Kier molecular flexibility index (Phi) is 4.83. The van der Waals surface area contributed by atoms with Crippen molar-refractivity contribution in [3.05, 3.63) is 44.6 Å². The van der Waals surface area contributed by atoms with E-state index >= 15 is 0 Å². The standard InChI is InChI=1S/C15H16BrNO2S/c1-10(18)15-13(5-4-6-14(15)19-3)17(2)8-12-7-11(16)9-20-12/h4-7,9H,8H2,1-3H3. The molecule has 0 aliphatic heterocycles. The summed E-state index contributed by atoms with van der Waals surface area (Å²) in [5.41, 5.74) is 1.52. The van der Waals surface area contributed by atoms with Crippen LogP contribution in [0.3, 0.4) is 0 Å². The maximum atomic E-state index is 11.9. The van der Waals surface area contributed by atoms with Gasteiger partial charge in [-0.3, -0.25) is 4.79 Å². The summed E-state index contributed by atoms with van der Waals surface area (Å²) >= 11 is 5.15. The summed E-state index contributed by atoms with van der Waals surface area (Å²) in [6.45, 7) is 2.32. The average molecular weight is 354 g/mol. The Morgan fingerprint density at radius 3 is 2.75 bits per heavy atom. The van der Waals surface area contributed by atoms with Crippen molar-refractivity contribution in [2.24, 2.45) is 0 Å². The number of rotatable bonds is 5. The fourth-order valence-electron chi connectivity index (χ4n) is 2.12. The van der Waals surface area contributed by atoms with Crippen molar-refractivity contribution in [2.75, 3.05) is 19.1 Å². The largest absolute Gasteiger partial charge is 0.496 e. The number of ketones is 1. The summed E-state index contributed by atoms with van der Waals surface area (Å²) < 4.78 is 6.39. The van der Waals surface area contributed by atoms with Crippen LogP contribution in [0.5, 0.6) is 5.75 Å². The highest BCUT2D eigenvalue weighted by Gasteiger charge is 2.16. The number of Topliss-reactive ketones (excluding diaryl/α,β-unsaturated/α-hetero) is 1. The van der Waals surface area contributed by atoms with E-state index in [1.54, 1.807) is 25.4 Å². The Morgan fingerprint density at radius 1 is 1.45 bits per heavy atom. The average Bonchev–Trinajstić information content (AvgIpc) is 2.82. The van der Waals surface area contributed by atoms with E-state index in [-0.39, 0.29) is 5.78 Å². The van der Waals surface area contributed by atoms with Crippen LogP contribution in [0.4, 0.5) is 5.69 Å². The van der Waals surface area contributed by atoms with Gasteiger partial charge in [-0.1, -0.05) is 6.07 Å². The van der Waals surface area contributed by atoms with Crippen molar-refractivity contribution in [3.8, 4) is 5.75 Å². The van der Waals surface area contributed by atoms with Gasteiger partial charge in [-0.15, -0.1) is 11.3 Å². The molecular formula is C15H16BrNO2S. The minimum absolute atomic E-state index is 0.0108. The fourth-order valence-corrected chi connectivity index (χ4v) is 3.62. The molecule has 2 rings (SSSR count). The van der Waals surface area contributed by atoms with Crippen molar-refractivity contribution >= 4 is 38.7 Å². The van der Waals surface area contributed by atoms with Crippen LogP contribution in [0.2, 0.25) is 0 Å². The second kappa shape index (κ2) is 6.41. The number of carbonyl (C=O) groups is 1. The number of hydrogen-bond acceptors (Lipinski definition) is 4. The van der Waals surface area contributed by atoms with Crippen LogP contribution in [-0.2, 0) is 6.54 Å². The molecule has 20 heavy (non-hydrogen) atoms. The van der Waals surface area contributed by atoms with E-state index in [1.807, 2.05) is 25.2 Å².